The van der Waals surface area contributed by atoms with Crippen LogP contribution in [-0.4, -0.2) is 35.2 Å². The van der Waals surface area contributed by atoms with Gasteiger partial charge in [-0.3, -0.25) is 4.79 Å². The predicted molar refractivity (Wildman–Crippen MR) is 92.7 cm³/mol. The predicted octanol–water partition coefficient (Wildman–Crippen LogP) is 2.56. The van der Waals surface area contributed by atoms with E-state index in [1.807, 2.05) is 0 Å². The van der Waals surface area contributed by atoms with Gasteiger partial charge in [-0.15, -0.1) is 0 Å². The largest absolute Gasteiger partial charge is 0.496 e. The first-order chi connectivity index (χ1) is 13.1. The van der Waals surface area contributed by atoms with Crippen LogP contribution in [0.1, 0.15) is 22.8 Å². The van der Waals surface area contributed by atoms with Gasteiger partial charge in [-0.2, -0.15) is 13.2 Å². The van der Waals surface area contributed by atoms with Crippen LogP contribution in [-0.2, 0) is 22.2 Å². The van der Waals surface area contributed by atoms with E-state index in [-0.39, 0.29) is 12.0 Å². The fraction of sp³-hybridized carbons (Fsp3) is 0.263. The summed E-state index contributed by atoms with van der Waals surface area (Å²) in [6.45, 7) is 0. The lowest BCUT2D eigenvalue weighted by Gasteiger charge is -2.19. The van der Waals surface area contributed by atoms with Gasteiger partial charge in [0.25, 0.3) is 5.91 Å². The number of aliphatic hydroxyl groups is 1. The number of carboxylic acid groups (broad SMARTS) is 1. The summed E-state index contributed by atoms with van der Waals surface area (Å²) in [6, 6.07) is 8.66. The molecule has 2 aromatic rings. The average molecular weight is 397 g/mol. The number of para-hydroxylation sites is 1. The molecule has 0 fully saturated rings. The number of halogens is 3. The van der Waals surface area contributed by atoms with E-state index >= 15 is 0 Å². The number of aliphatic carboxylic acids is 1. The number of rotatable bonds is 7. The molecule has 150 valence electrons. The molecule has 0 aliphatic carbocycles. The van der Waals surface area contributed by atoms with Gasteiger partial charge in [0.2, 0.25) is 0 Å². The van der Waals surface area contributed by atoms with Gasteiger partial charge >= 0.3 is 12.1 Å². The van der Waals surface area contributed by atoms with E-state index < -0.39 is 35.8 Å². The first kappa shape index (κ1) is 21.2. The summed E-state index contributed by atoms with van der Waals surface area (Å²) in [6.07, 6.45) is -6.47. The molecular weight excluding hydrogens is 379 g/mol. The van der Waals surface area contributed by atoms with Gasteiger partial charge in [0.15, 0.2) is 6.10 Å². The monoisotopic (exact) mass is 397 g/mol. The molecule has 0 aliphatic heterocycles. The number of benzene rings is 2. The third-order valence-corrected chi connectivity index (χ3v) is 4.03. The number of carbonyl (C=O) groups excluding carboxylic acids is 1. The van der Waals surface area contributed by atoms with Gasteiger partial charge in [0.05, 0.1) is 12.7 Å². The maximum atomic E-state index is 12.6. The summed E-state index contributed by atoms with van der Waals surface area (Å²) >= 11 is 0. The van der Waals surface area contributed by atoms with Gasteiger partial charge in [-0.25, -0.2) is 4.79 Å². The summed E-state index contributed by atoms with van der Waals surface area (Å²) in [5.41, 5.74) is -0.489. The van der Waals surface area contributed by atoms with Crippen LogP contribution in [0.5, 0.6) is 5.75 Å². The molecule has 2 rings (SSSR count). The molecular formula is C19H18F3NO5. The number of carboxylic acids is 1. The fourth-order valence-electron chi connectivity index (χ4n) is 2.55. The van der Waals surface area contributed by atoms with E-state index in [1.165, 1.54) is 7.11 Å². The molecule has 9 heteroatoms. The maximum Gasteiger partial charge on any atom is 0.416 e. The Balaban J connectivity index is 2.12. The number of nitrogens with one attached hydrogen (secondary N) is 1. The minimum absolute atomic E-state index is 0.0908. The highest BCUT2D eigenvalue weighted by atomic mass is 19.4. The SMILES string of the molecule is COc1ccccc1C[C@@H](NC(=O)[C@@H](O)c1ccc(C(F)(F)F)cc1)C(=O)O. The molecule has 0 bridgehead atoms. The number of hydrogen-bond donors (Lipinski definition) is 3. The van der Waals surface area contributed by atoms with E-state index in [0.29, 0.717) is 11.3 Å². The molecule has 0 aliphatic rings. The molecule has 6 nitrogen and oxygen atoms in total. The molecule has 0 saturated carbocycles. The summed E-state index contributed by atoms with van der Waals surface area (Å²) in [4.78, 5) is 23.7. The Morgan fingerprint density at radius 1 is 1.11 bits per heavy atom. The molecule has 2 aromatic carbocycles. The second kappa shape index (κ2) is 8.75. The molecule has 2 atom stereocenters. The fourth-order valence-corrected chi connectivity index (χ4v) is 2.55. The molecule has 0 saturated heterocycles. The molecule has 3 N–H and O–H groups in total. The smallest absolute Gasteiger partial charge is 0.416 e. The topological polar surface area (TPSA) is 95.9 Å². The van der Waals surface area contributed by atoms with Crippen molar-refractivity contribution in [1.82, 2.24) is 5.32 Å². The number of carbonyl (C=O) groups is 2. The Morgan fingerprint density at radius 2 is 1.71 bits per heavy atom. The number of amides is 1. The number of aliphatic hydroxyl groups excluding tert-OH is 1. The Kier molecular flexibility index (Phi) is 6.63. The van der Waals surface area contributed by atoms with Crippen LogP contribution in [0.4, 0.5) is 13.2 Å². The number of ether oxygens (including phenoxy) is 1. The van der Waals surface area contributed by atoms with Crippen molar-refractivity contribution >= 4 is 11.9 Å². The van der Waals surface area contributed by atoms with E-state index in [1.54, 1.807) is 24.3 Å². The van der Waals surface area contributed by atoms with E-state index in [2.05, 4.69) is 5.32 Å². The molecule has 0 spiro atoms. The van der Waals surface area contributed by atoms with Crippen LogP contribution in [0.2, 0.25) is 0 Å². The second-order valence-electron chi connectivity index (χ2n) is 5.94. The second-order valence-corrected chi connectivity index (χ2v) is 5.94. The summed E-state index contributed by atoms with van der Waals surface area (Å²) < 4.78 is 42.9. The number of hydrogen-bond acceptors (Lipinski definition) is 4. The lowest BCUT2D eigenvalue weighted by molar-refractivity contribution is -0.143. The first-order valence-electron chi connectivity index (χ1n) is 8.13. The lowest BCUT2D eigenvalue weighted by Crippen LogP contribution is -2.44. The van der Waals surface area contributed by atoms with E-state index in [9.17, 15) is 33.0 Å². The Hall–Kier alpha value is -3.07. The van der Waals surface area contributed by atoms with Crippen LogP contribution in [0.3, 0.4) is 0 Å². The van der Waals surface area contributed by atoms with Crippen LogP contribution in [0, 0.1) is 0 Å². The van der Waals surface area contributed by atoms with Gasteiger partial charge in [0.1, 0.15) is 11.8 Å². The summed E-state index contributed by atoms with van der Waals surface area (Å²) in [5.74, 6) is -1.94. The van der Waals surface area contributed by atoms with Crippen LogP contribution in [0.15, 0.2) is 48.5 Å². The van der Waals surface area contributed by atoms with Crippen molar-refractivity contribution in [1.29, 1.82) is 0 Å². The highest BCUT2D eigenvalue weighted by Crippen LogP contribution is 2.30. The van der Waals surface area contributed by atoms with Crippen LogP contribution < -0.4 is 10.1 Å². The van der Waals surface area contributed by atoms with Crippen molar-refractivity contribution in [2.24, 2.45) is 0 Å². The Labute approximate surface area is 158 Å². The van der Waals surface area contributed by atoms with Gasteiger partial charge in [-0.1, -0.05) is 30.3 Å². The third-order valence-electron chi connectivity index (χ3n) is 4.03. The normalized spacial score (nSPS) is 13.5. The van der Waals surface area contributed by atoms with Crippen molar-refractivity contribution in [3.63, 3.8) is 0 Å². The molecule has 28 heavy (non-hydrogen) atoms. The third kappa shape index (κ3) is 5.23. The highest BCUT2D eigenvalue weighted by Gasteiger charge is 2.31. The van der Waals surface area contributed by atoms with Crippen molar-refractivity contribution < 1.29 is 37.7 Å². The highest BCUT2D eigenvalue weighted by molar-refractivity contribution is 5.87. The average Bonchev–Trinajstić information content (AvgIpc) is 2.66. The molecule has 1 amide bonds. The zero-order valence-corrected chi connectivity index (χ0v) is 14.7. The zero-order chi connectivity index (χ0) is 20.9. The van der Waals surface area contributed by atoms with Crippen molar-refractivity contribution in [2.45, 2.75) is 24.7 Å². The zero-order valence-electron chi connectivity index (χ0n) is 14.7. The molecule has 0 aromatic heterocycles. The quantitative estimate of drug-likeness (QED) is 0.668. The van der Waals surface area contributed by atoms with E-state index in [0.717, 1.165) is 24.3 Å². The van der Waals surface area contributed by atoms with Gasteiger partial charge < -0.3 is 20.3 Å². The van der Waals surface area contributed by atoms with Crippen LogP contribution in [0.25, 0.3) is 0 Å². The molecule has 0 heterocycles. The Morgan fingerprint density at radius 3 is 2.25 bits per heavy atom. The van der Waals surface area contributed by atoms with Crippen LogP contribution >= 0.6 is 0 Å². The standard InChI is InChI=1S/C19H18F3NO5/c1-28-15-5-3-2-4-12(15)10-14(18(26)27)23-17(25)16(24)11-6-8-13(9-7-11)19(20,21)22/h2-9,14,16,24H,10H2,1H3,(H,23,25)(H,26,27)/t14-,16+/m1/s1. The minimum Gasteiger partial charge on any atom is -0.496 e. The van der Waals surface area contributed by atoms with Crippen molar-refractivity contribution in [3.8, 4) is 5.75 Å². The van der Waals surface area contributed by atoms with Crippen molar-refractivity contribution in [3.05, 3.63) is 65.2 Å². The lowest BCUT2D eigenvalue weighted by atomic mass is 10.0. The minimum atomic E-state index is -4.55. The Bertz CT molecular complexity index is 836. The van der Waals surface area contributed by atoms with Crippen molar-refractivity contribution in [2.75, 3.05) is 7.11 Å². The number of alkyl halides is 3. The van der Waals surface area contributed by atoms with E-state index in [4.69, 9.17) is 4.74 Å². The molecule has 0 radical (unpaired) electrons. The first-order valence-corrected chi connectivity index (χ1v) is 8.13. The van der Waals surface area contributed by atoms with Gasteiger partial charge in [-0.05, 0) is 29.3 Å². The van der Waals surface area contributed by atoms with Gasteiger partial charge in [0, 0.05) is 6.42 Å². The molecule has 0 unspecified atom stereocenters. The summed E-state index contributed by atoms with van der Waals surface area (Å²) in [7, 11) is 1.42. The maximum absolute atomic E-state index is 12.6. The number of methoxy groups -OCH3 is 1. The summed E-state index contributed by atoms with van der Waals surface area (Å²) in [5, 5.41) is 21.6.